The van der Waals surface area contributed by atoms with E-state index in [1.54, 1.807) is 6.92 Å². The quantitative estimate of drug-likeness (QED) is 0.833. The number of carboxylic acids is 1. The van der Waals surface area contributed by atoms with E-state index in [1.165, 1.54) is 4.90 Å². The first-order valence-electron chi connectivity index (χ1n) is 7.11. The summed E-state index contributed by atoms with van der Waals surface area (Å²) in [7, 11) is -3.43. The van der Waals surface area contributed by atoms with Crippen LogP contribution in [0.5, 0.6) is 0 Å². The molecule has 20 heavy (non-hydrogen) atoms. The number of rotatable bonds is 3. The largest absolute Gasteiger partial charge is 0.479 e. The van der Waals surface area contributed by atoms with Gasteiger partial charge in [-0.1, -0.05) is 13.3 Å². The highest BCUT2D eigenvalue weighted by Gasteiger charge is 2.51. The lowest BCUT2D eigenvalue weighted by Gasteiger charge is -2.36. The predicted octanol–water partition coefficient (Wildman–Crippen LogP) is 0.809. The van der Waals surface area contributed by atoms with Gasteiger partial charge >= 0.3 is 5.97 Å². The maximum atomic E-state index is 12.6. The monoisotopic (exact) mass is 303 g/mol. The Balaban J connectivity index is 2.30. The molecule has 7 heteroatoms. The predicted molar refractivity (Wildman–Crippen MR) is 73.0 cm³/mol. The van der Waals surface area contributed by atoms with E-state index in [1.807, 2.05) is 0 Å². The van der Waals surface area contributed by atoms with Crippen molar-refractivity contribution in [3.8, 4) is 0 Å². The molecule has 2 aliphatic heterocycles. The number of carboxylic acid groups (broad SMARTS) is 1. The molecule has 2 atom stereocenters. The molecule has 2 saturated heterocycles. The van der Waals surface area contributed by atoms with Gasteiger partial charge in [-0.05, 0) is 32.1 Å². The summed E-state index contributed by atoms with van der Waals surface area (Å²) >= 11 is 0. The second kappa shape index (κ2) is 5.35. The standard InChI is InChI=1S/C13H21NO5S/c1-2-13(12(16)17)7-5-8-14(13)11(15)10-6-3-4-9-20(10,18)19/h10H,2-9H2,1H3,(H,16,17). The highest BCUT2D eigenvalue weighted by molar-refractivity contribution is 7.92. The Hall–Kier alpha value is -1.11. The molecule has 2 heterocycles. The molecule has 114 valence electrons. The fourth-order valence-corrected chi connectivity index (χ4v) is 5.20. The lowest BCUT2D eigenvalue weighted by atomic mass is 9.92. The van der Waals surface area contributed by atoms with Crippen molar-refractivity contribution in [2.45, 2.75) is 56.2 Å². The first kappa shape index (κ1) is 15.3. The van der Waals surface area contributed by atoms with E-state index in [0.717, 1.165) is 0 Å². The van der Waals surface area contributed by atoms with Crippen molar-refractivity contribution in [3.63, 3.8) is 0 Å². The van der Waals surface area contributed by atoms with Crippen LogP contribution in [0.4, 0.5) is 0 Å². The van der Waals surface area contributed by atoms with Crippen LogP contribution in [0.25, 0.3) is 0 Å². The van der Waals surface area contributed by atoms with Gasteiger partial charge < -0.3 is 10.0 Å². The van der Waals surface area contributed by atoms with Crippen LogP contribution in [0.15, 0.2) is 0 Å². The minimum atomic E-state index is -3.43. The molecule has 0 radical (unpaired) electrons. The van der Waals surface area contributed by atoms with Crippen LogP contribution in [0.3, 0.4) is 0 Å². The average molecular weight is 303 g/mol. The van der Waals surface area contributed by atoms with Gasteiger partial charge in [-0.2, -0.15) is 0 Å². The van der Waals surface area contributed by atoms with Gasteiger partial charge in [-0.15, -0.1) is 0 Å². The van der Waals surface area contributed by atoms with Gasteiger partial charge in [0.05, 0.1) is 5.75 Å². The van der Waals surface area contributed by atoms with Crippen LogP contribution in [0, 0.1) is 0 Å². The third-order valence-electron chi connectivity index (χ3n) is 4.59. The van der Waals surface area contributed by atoms with E-state index >= 15 is 0 Å². The Bertz CT molecular complexity index is 515. The summed E-state index contributed by atoms with van der Waals surface area (Å²) in [5.74, 6) is -1.51. The fraction of sp³-hybridized carbons (Fsp3) is 0.846. The molecule has 6 nitrogen and oxygen atoms in total. The minimum absolute atomic E-state index is 0.0312. The molecule has 0 spiro atoms. The van der Waals surface area contributed by atoms with Crippen LogP contribution in [0.1, 0.15) is 45.4 Å². The van der Waals surface area contributed by atoms with Gasteiger partial charge in [0, 0.05) is 6.54 Å². The molecule has 0 bridgehead atoms. The summed E-state index contributed by atoms with van der Waals surface area (Å²) in [5, 5.41) is 8.43. The first-order chi connectivity index (χ1) is 9.35. The van der Waals surface area contributed by atoms with Crippen LogP contribution >= 0.6 is 0 Å². The van der Waals surface area contributed by atoms with Crippen molar-refractivity contribution < 1.29 is 23.1 Å². The summed E-state index contributed by atoms with van der Waals surface area (Å²) in [5.41, 5.74) is -1.22. The summed E-state index contributed by atoms with van der Waals surface area (Å²) in [4.78, 5) is 25.5. The minimum Gasteiger partial charge on any atom is -0.479 e. The topological polar surface area (TPSA) is 91.8 Å². The fourth-order valence-electron chi connectivity index (χ4n) is 3.35. The van der Waals surface area contributed by atoms with Crippen molar-refractivity contribution in [2.75, 3.05) is 12.3 Å². The van der Waals surface area contributed by atoms with Crippen LogP contribution < -0.4 is 0 Å². The molecule has 0 aromatic carbocycles. The summed E-state index contributed by atoms with van der Waals surface area (Å²) < 4.78 is 24.1. The lowest BCUT2D eigenvalue weighted by molar-refractivity contribution is -0.156. The smallest absolute Gasteiger partial charge is 0.329 e. The number of hydrogen-bond donors (Lipinski definition) is 1. The van der Waals surface area contributed by atoms with Gasteiger partial charge in [0.25, 0.3) is 0 Å². The molecule has 1 N–H and O–H groups in total. The first-order valence-corrected chi connectivity index (χ1v) is 8.83. The second-order valence-electron chi connectivity index (χ2n) is 5.64. The number of aliphatic carboxylic acids is 1. The molecule has 2 rings (SSSR count). The molecule has 0 aliphatic carbocycles. The van der Waals surface area contributed by atoms with E-state index in [9.17, 15) is 23.1 Å². The van der Waals surface area contributed by atoms with Gasteiger partial charge in [-0.25, -0.2) is 13.2 Å². The zero-order chi connectivity index (χ0) is 15.0. The molecule has 1 amide bonds. The second-order valence-corrected chi connectivity index (χ2v) is 7.94. The van der Waals surface area contributed by atoms with Gasteiger partial charge in [-0.3, -0.25) is 4.79 Å². The Morgan fingerprint density at radius 3 is 2.55 bits per heavy atom. The van der Waals surface area contributed by atoms with E-state index < -0.39 is 32.5 Å². The van der Waals surface area contributed by atoms with E-state index in [0.29, 0.717) is 45.1 Å². The van der Waals surface area contributed by atoms with Crippen LogP contribution in [0.2, 0.25) is 0 Å². The molecule has 0 saturated carbocycles. The number of amides is 1. The molecule has 0 aromatic rings. The van der Waals surface area contributed by atoms with E-state index in [2.05, 4.69) is 0 Å². The highest BCUT2D eigenvalue weighted by Crippen LogP contribution is 2.35. The Morgan fingerprint density at radius 1 is 1.30 bits per heavy atom. The molecule has 2 aliphatic rings. The molecule has 2 unspecified atom stereocenters. The zero-order valence-electron chi connectivity index (χ0n) is 11.7. The SMILES string of the molecule is CCC1(C(=O)O)CCCN1C(=O)C1CCCCS1(=O)=O. The normalized spacial score (nSPS) is 33.0. The van der Waals surface area contributed by atoms with E-state index in [4.69, 9.17) is 0 Å². The Kier molecular flexibility index (Phi) is 4.09. The van der Waals surface area contributed by atoms with Crippen molar-refractivity contribution in [1.29, 1.82) is 0 Å². The van der Waals surface area contributed by atoms with Crippen molar-refractivity contribution >= 4 is 21.7 Å². The molecule has 0 aromatic heterocycles. The van der Waals surface area contributed by atoms with Gasteiger partial charge in [0.1, 0.15) is 10.8 Å². The lowest BCUT2D eigenvalue weighted by Crippen LogP contribution is -2.57. The highest BCUT2D eigenvalue weighted by atomic mass is 32.2. The van der Waals surface area contributed by atoms with Crippen molar-refractivity contribution in [3.05, 3.63) is 0 Å². The number of carbonyl (C=O) groups is 2. The number of likely N-dealkylation sites (tertiary alicyclic amines) is 1. The molecule has 2 fully saturated rings. The number of sulfone groups is 1. The summed E-state index contributed by atoms with van der Waals surface area (Å²) in [6, 6.07) is 0. The van der Waals surface area contributed by atoms with E-state index in [-0.39, 0.29) is 5.75 Å². The zero-order valence-corrected chi connectivity index (χ0v) is 12.5. The molecular weight excluding hydrogens is 282 g/mol. The van der Waals surface area contributed by atoms with Crippen LogP contribution in [-0.4, -0.2) is 53.4 Å². The maximum absolute atomic E-state index is 12.6. The van der Waals surface area contributed by atoms with Gasteiger partial charge in [0.2, 0.25) is 5.91 Å². The maximum Gasteiger partial charge on any atom is 0.329 e. The third-order valence-corrected chi connectivity index (χ3v) is 6.75. The van der Waals surface area contributed by atoms with Crippen molar-refractivity contribution in [2.24, 2.45) is 0 Å². The summed E-state index contributed by atoms with van der Waals surface area (Å²) in [6.07, 6.45) is 2.92. The molecular formula is C13H21NO5S. The Labute approximate surface area is 119 Å². The summed E-state index contributed by atoms with van der Waals surface area (Å²) in [6.45, 7) is 2.07. The number of nitrogens with zero attached hydrogens (tertiary/aromatic N) is 1. The van der Waals surface area contributed by atoms with Crippen molar-refractivity contribution in [1.82, 2.24) is 4.90 Å². The number of hydrogen-bond acceptors (Lipinski definition) is 4. The Morgan fingerprint density at radius 2 is 2.00 bits per heavy atom. The third kappa shape index (κ3) is 2.32. The van der Waals surface area contributed by atoms with Gasteiger partial charge in [0.15, 0.2) is 9.84 Å². The number of carbonyl (C=O) groups excluding carboxylic acids is 1. The average Bonchev–Trinajstić information content (AvgIpc) is 2.82. The van der Waals surface area contributed by atoms with Crippen LogP contribution in [-0.2, 0) is 19.4 Å².